The van der Waals surface area contributed by atoms with Crippen LogP contribution in [0, 0.1) is 5.82 Å². The molecule has 1 amide bonds. The van der Waals surface area contributed by atoms with E-state index >= 15 is 0 Å². The summed E-state index contributed by atoms with van der Waals surface area (Å²) in [6.45, 7) is 6.69. The molecule has 0 saturated carbocycles. The Balaban J connectivity index is 2.31. The van der Waals surface area contributed by atoms with E-state index in [0.717, 1.165) is 30.8 Å². The van der Waals surface area contributed by atoms with Crippen LogP contribution in [0.2, 0.25) is 0 Å². The van der Waals surface area contributed by atoms with Gasteiger partial charge in [-0.1, -0.05) is 6.92 Å². The number of rotatable bonds is 4. The number of nitrogens with zero attached hydrogens (tertiary/aromatic N) is 1. The predicted molar refractivity (Wildman–Crippen MR) is 78.3 cm³/mol. The fourth-order valence-corrected chi connectivity index (χ4v) is 2.59. The first-order valence-electron chi connectivity index (χ1n) is 7.16. The molecule has 5 heteroatoms. The highest BCUT2D eigenvalue weighted by Gasteiger charge is 2.20. The Morgan fingerprint density at radius 2 is 2.30 bits per heavy atom. The van der Waals surface area contributed by atoms with Crippen molar-refractivity contribution < 1.29 is 9.18 Å². The molecule has 1 aromatic rings. The van der Waals surface area contributed by atoms with Gasteiger partial charge in [0.1, 0.15) is 5.82 Å². The Labute approximate surface area is 119 Å². The summed E-state index contributed by atoms with van der Waals surface area (Å²) >= 11 is 0. The molecule has 1 aliphatic rings. The molecule has 2 rings (SSSR count). The summed E-state index contributed by atoms with van der Waals surface area (Å²) in [5, 5.41) is 6.16. The molecule has 1 heterocycles. The van der Waals surface area contributed by atoms with Gasteiger partial charge >= 0.3 is 0 Å². The van der Waals surface area contributed by atoms with Crippen molar-refractivity contribution in [1.82, 2.24) is 10.6 Å². The van der Waals surface area contributed by atoms with Crippen LogP contribution >= 0.6 is 0 Å². The average Bonchev–Trinajstić information content (AvgIpc) is 2.63. The molecule has 1 aliphatic heterocycles. The van der Waals surface area contributed by atoms with Gasteiger partial charge < -0.3 is 15.5 Å². The lowest BCUT2D eigenvalue weighted by Crippen LogP contribution is -2.34. The maximum absolute atomic E-state index is 13.5. The minimum Gasteiger partial charge on any atom is -0.362 e. The lowest BCUT2D eigenvalue weighted by Gasteiger charge is -2.27. The topological polar surface area (TPSA) is 44.4 Å². The Bertz CT molecular complexity index is 478. The van der Waals surface area contributed by atoms with Gasteiger partial charge in [-0.3, -0.25) is 4.79 Å². The first kappa shape index (κ1) is 14.8. The van der Waals surface area contributed by atoms with Gasteiger partial charge in [-0.2, -0.15) is 0 Å². The normalized spacial score (nSPS) is 17.6. The second-order valence-corrected chi connectivity index (χ2v) is 5.11. The minimum absolute atomic E-state index is 0.0221. The minimum atomic E-state index is -0.243. The van der Waals surface area contributed by atoms with E-state index in [4.69, 9.17) is 0 Å². The Hall–Kier alpha value is -1.62. The molecule has 110 valence electrons. The van der Waals surface area contributed by atoms with Crippen molar-refractivity contribution in [1.29, 1.82) is 0 Å². The molecule has 1 saturated heterocycles. The van der Waals surface area contributed by atoms with Crippen LogP contribution in [0.4, 0.5) is 10.1 Å². The average molecular weight is 279 g/mol. The summed E-state index contributed by atoms with van der Waals surface area (Å²) in [5.41, 5.74) is 1.85. The standard InChI is InChI=1S/C15H22FN3O/c1-3-17-11(2)13-9-12(16)5-6-14(13)19-8-4-7-18-15(20)10-19/h5-6,9,11,17H,3-4,7-8,10H2,1-2H3,(H,18,20). The van der Waals surface area contributed by atoms with Crippen LogP contribution in [-0.4, -0.2) is 32.1 Å². The molecule has 0 aliphatic carbocycles. The van der Waals surface area contributed by atoms with Gasteiger partial charge in [0, 0.05) is 24.8 Å². The molecule has 20 heavy (non-hydrogen) atoms. The van der Waals surface area contributed by atoms with E-state index in [1.54, 1.807) is 12.1 Å². The maximum Gasteiger partial charge on any atom is 0.239 e. The number of halogens is 1. The molecule has 4 nitrogen and oxygen atoms in total. The highest BCUT2D eigenvalue weighted by Crippen LogP contribution is 2.28. The van der Waals surface area contributed by atoms with Crippen molar-refractivity contribution >= 4 is 11.6 Å². The number of nitrogens with one attached hydrogen (secondary N) is 2. The number of hydrogen-bond acceptors (Lipinski definition) is 3. The van der Waals surface area contributed by atoms with Gasteiger partial charge in [0.15, 0.2) is 0 Å². The quantitative estimate of drug-likeness (QED) is 0.883. The summed E-state index contributed by atoms with van der Waals surface area (Å²) in [7, 11) is 0. The summed E-state index contributed by atoms with van der Waals surface area (Å²) in [6, 6.07) is 4.85. The van der Waals surface area contributed by atoms with Crippen molar-refractivity contribution in [2.75, 3.05) is 31.1 Å². The van der Waals surface area contributed by atoms with E-state index in [9.17, 15) is 9.18 Å². The van der Waals surface area contributed by atoms with Crippen molar-refractivity contribution in [3.63, 3.8) is 0 Å². The molecular formula is C15H22FN3O. The number of benzene rings is 1. The number of anilines is 1. The SMILES string of the molecule is CCNC(C)c1cc(F)ccc1N1CCCNC(=O)C1. The Kier molecular flexibility index (Phi) is 4.95. The summed E-state index contributed by atoms with van der Waals surface area (Å²) in [6.07, 6.45) is 0.901. The summed E-state index contributed by atoms with van der Waals surface area (Å²) < 4.78 is 13.5. The maximum atomic E-state index is 13.5. The van der Waals surface area contributed by atoms with E-state index in [2.05, 4.69) is 10.6 Å². The third-order valence-corrected chi connectivity index (χ3v) is 3.57. The zero-order valence-corrected chi connectivity index (χ0v) is 12.1. The van der Waals surface area contributed by atoms with Crippen LogP contribution in [0.5, 0.6) is 0 Å². The molecule has 0 spiro atoms. The van der Waals surface area contributed by atoms with Gasteiger partial charge in [-0.05, 0) is 43.7 Å². The lowest BCUT2D eigenvalue weighted by atomic mass is 10.0. The summed E-state index contributed by atoms with van der Waals surface area (Å²) in [4.78, 5) is 13.7. The number of hydrogen-bond donors (Lipinski definition) is 2. The van der Waals surface area contributed by atoms with Gasteiger partial charge in [0.2, 0.25) is 5.91 Å². The first-order valence-corrected chi connectivity index (χ1v) is 7.16. The van der Waals surface area contributed by atoms with Crippen molar-refractivity contribution in [3.05, 3.63) is 29.6 Å². The second kappa shape index (κ2) is 6.70. The fraction of sp³-hybridized carbons (Fsp3) is 0.533. The van der Waals surface area contributed by atoms with Gasteiger partial charge in [-0.15, -0.1) is 0 Å². The first-order chi connectivity index (χ1) is 9.61. The second-order valence-electron chi connectivity index (χ2n) is 5.11. The van der Waals surface area contributed by atoms with Crippen molar-refractivity contribution in [2.45, 2.75) is 26.3 Å². The van der Waals surface area contributed by atoms with E-state index in [1.807, 2.05) is 18.7 Å². The van der Waals surface area contributed by atoms with Crippen LogP contribution in [0.15, 0.2) is 18.2 Å². The smallest absolute Gasteiger partial charge is 0.239 e. The fourth-order valence-electron chi connectivity index (χ4n) is 2.59. The van der Waals surface area contributed by atoms with Gasteiger partial charge in [0.25, 0.3) is 0 Å². The highest BCUT2D eigenvalue weighted by molar-refractivity contribution is 5.82. The third kappa shape index (κ3) is 3.48. The van der Waals surface area contributed by atoms with Gasteiger partial charge in [-0.25, -0.2) is 4.39 Å². The molecule has 1 atom stereocenters. The van der Waals surface area contributed by atoms with Crippen LogP contribution in [0.25, 0.3) is 0 Å². The van der Waals surface area contributed by atoms with E-state index in [1.165, 1.54) is 6.07 Å². The summed E-state index contributed by atoms with van der Waals surface area (Å²) in [5.74, 6) is -0.221. The highest BCUT2D eigenvalue weighted by atomic mass is 19.1. The Morgan fingerprint density at radius 3 is 3.05 bits per heavy atom. The van der Waals surface area contributed by atoms with E-state index < -0.39 is 0 Å². The van der Waals surface area contributed by atoms with Crippen LogP contribution in [-0.2, 0) is 4.79 Å². The monoisotopic (exact) mass is 279 g/mol. The van der Waals surface area contributed by atoms with Gasteiger partial charge in [0.05, 0.1) is 6.54 Å². The third-order valence-electron chi connectivity index (χ3n) is 3.57. The number of carbonyl (C=O) groups is 1. The lowest BCUT2D eigenvalue weighted by molar-refractivity contribution is -0.119. The predicted octanol–water partition coefficient (Wildman–Crippen LogP) is 1.82. The molecule has 1 aromatic carbocycles. The zero-order valence-electron chi connectivity index (χ0n) is 12.1. The molecule has 2 N–H and O–H groups in total. The van der Waals surface area contributed by atoms with Crippen LogP contribution in [0.1, 0.15) is 31.9 Å². The Morgan fingerprint density at radius 1 is 1.50 bits per heavy atom. The zero-order chi connectivity index (χ0) is 14.5. The largest absolute Gasteiger partial charge is 0.362 e. The van der Waals surface area contributed by atoms with E-state index in [-0.39, 0.29) is 17.8 Å². The van der Waals surface area contributed by atoms with Crippen LogP contribution < -0.4 is 15.5 Å². The van der Waals surface area contributed by atoms with Crippen molar-refractivity contribution in [3.8, 4) is 0 Å². The number of carbonyl (C=O) groups excluding carboxylic acids is 1. The van der Waals surface area contributed by atoms with Crippen molar-refractivity contribution in [2.24, 2.45) is 0 Å². The molecule has 0 aromatic heterocycles. The molecule has 0 radical (unpaired) electrons. The molecule has 0 bridgehead atoms. The molecule has 1 fully saturated rings. The van der Waals surface area contributed by atoms with Crippen LogP contribution in [0.3, 0.4) is 0 Å². The molecular weight excluding hydrogens is 257 g/mol. The molecule has 1 unspecified atom stereocenters. The number of amides is 1. The van der Waals surface area contributed by atoms with E-state index in [0.29, 0.717) is 13.1 Å².